The summed E-state index contributed by atoms with van der Waals surface area (Å²) in [6.07, 6.45) is 0.838. The Bertz CT molecular complexity index is 197. The van der Waals surface area contributed by atoms with Crippen LogP contribution in [0.4, 0.5) is 8.78 Å². The number of hydrogen-bond donors (Lipinski definition) is 0. The lowest BCUT2D eigenvalue weighted by molar-refractivity contribution is -0.0342. The third-order valence-electron chi connectivity index (χ3n) is 2.94. The molecule has 0 amide bonds. The lowest BCUT2D eigenvalue weighted by Gasteiger charge is -2.46. The van der Waals surface area contributed by atoms with Gasteiger partial charge >= 0.3 is 0 Å². The van der Waals surface area contributed by atoms with E-state index in [0.29, 0.717) is 6.61 Å². The van der Waals surface area contributed by atoms with E-state index >= 15 is 0 Å². The van der Waals surface area contributed by atoms with Gasteiger partial charge < -0.3 is 4.74 Å². The van der Waals surface area contributed by atoms with Crippen molar-refractivity contribution in [3.63, 3.8) is 0 Å². The Morgan fingerprint density at radius 2 is 2.25 bits per heavy atom. The van der Waals surface area contributed by atoms with E-state index in [1.807, 2.05) is 4.90 Å². The molecule has 0 spiro atoms. The van der Waals surface area contributed by atoms with E-state index in [4.69, 9.17) is 4.74 Å². The van der Waals surface area contributed by atoms with Crippen molar-refractivity contribution >= 4 is 0 Å². The van der Waals surface area contributed by atoms with Crippen molar-refractivity contribution in [1.29, 1.82) is 0 Å². The van der Waals surface area contributed by atoms with Crippen LogP contribution in [0, 0.1) is 0 Å². The first kappa shape index (κ1) is 8.38. The lowest BCUT2D eigenvalue weighted by atomic mass is 9.85. The van der Waals surface area contributed by atoms with Crippen LogP contribution in [0.1, 0.15) is 12.8 Å². The van der Waals surface area contributed by atoms with Crippen LogP contribution in [0.25, 0.3) is 0 Å². The van der Waals surface area contributed by atoms with Gasteiger partial charge in [-0.2, -0.15) is 0 Å². The minimum absolute atomic E-state index is 0.0200. The summed E-state index contributed by atoms with van der Waals surface area (Å²) in [7, 11) is 1.57. The first-order valence-corrected chi connectivity index (χ1v) is 4.20. The number of rotatable bonds is 2. The zero-order chi connectivity index (χ0) is 8.82. The molecule has 0 N–H and O–H groups in total. The molecular formula is C8H13F2NO. The van der Waals surface area contributed by atoms with Gasteiger partial charge in [0.25, 0.3) is 5.92 Å². The van der Waals surface area contributed by atoms with Crippen LogP contribution in [0.3, 0.4) is 0 Å². The highest BCUT2D eigenvalue weighted by atomic mass is 19.3. The molecule has 2 rings (SSSR count). The highest BCUT2D eigenvalue weighted by molar-refractivity contribution is 5.09. The molecule has 0 radical (unpaired) electrons. The SMILES string of the molecule is COC[C@@]12CCN1CC(F)(F)C2. The standard InChI is InChI=1S/C8H13F2NO/c1-12-6-7-2-3-11(7)5-8(9,10)4-7/h2-6H2,1H3/t7-/m0/s1. The molecule has 0 aliphatic carbocycles. The molecule has 0 aromatic rings. The van der Waals surface area contributed by atoms with E-state index in [2.05, 4.69) is 0 Å². The lowest BCUT2D eigenvalue weighted by Crippen LogP contribution is -2.58. The highest BCUT2D eigenvalue weighted by Crippen LogP contribution is 2.47. The number of alkyl halides is 2. The topological polar surface area (TPSA) is 12.5 Å². The maximum atomic E-state index is 13.0. The second-order valence-electron chi connectivity index (χ2n) is 3.86. The van der Waals surface area contributed by atoms with Crippen LogP contribution in [0.2, 0.25) is 0 Å². The summed E-state index contributed by atoms with van der Waals surface area (Å²) >= 11 is 0. The Morgan fingerprint density at radius 1 is 1.50 bits per heavy atom. The zero-order valence-electron chi connectivity index (χ0n) is 7.15. The van der Waals surface area contributed by atoms with Crippen LogP contribution in [-0.2, 0) is 4.74 Å². The fourth-order valence-electron chi connectivity index (χ4n) is 2.33. The molecule has 2 aliphatic rings. The predicted octanol–water partition coefficient (Wildman–Crippen LogP) is 1.12. The van der Waals surface area contributed by atoms with Gasteiger partial charge in [0.1, 0.15) is 0 Å². The third-order valence-corrected chi connectivity index (χ3v) is 2.94. The predicted molar refractivity (Wildman–Crippen MR) is 40.4 cm³/mol. The summed E-state index contributed by atoms with van der Waals surface area (Å²) < 4.78 is 30.9. The second kappa shape index (κ2) is 2.39. The molecular weight excluding hydrogens is 164 g/mol. The number of nitrogens with zero attached hydrogens (tertiary/aromatic N) is 1. The van der Waals surface area contributed by atoms with Gasteiger partial charge in [0.2, 0.25) is 0 Å². The Balaban J connectivity index is 2.08. The third kappa shape index (κ3) is 1.05. The van der Waals surface area contributed by atoms with Crippen LogP contribution in [-0.4, -0.2) is 43.2 Å². The van der Waals surface area contributed by atoms with Gasteiger partial charge in [0.15, 0.2) is 0 Å². The Kier molecular flexibility index (Phi) is 1.67. The monoisotopic (exact) mass is 177 g/mol. The normalized spacial score (nSPS) is 39.2. The maximum absolute atomic E-state index is 13.0. The van der Waals surface area contributed by atoms with Gasteiger partial charge in [0.05, 0.1) is 18.7 Å². The van der Waals surface area contributed by atoms with Crippen LogP contribution >= 0.6 is 0 Å². The highest BCUT2D eigenvalue weighted by Gasteiger charge is 2.59. The van der Waals surface area contributed by atoms with Crippen molar-refractivity contribution in [2.75, 3.05) is 26.8 Å². The largest absolute Gasteiger partial charge is 0.383 e. The molecule has 2 fully saturated rings. The molecule has 0 aromatic carbocycles. The van der Waals surface area contributed by atoms with Gasteiger partial charge in [-0.3, -0.25) is 4.90 Å². The molecule has 2 heterocycles. The van der Waals surface area contributed by atoms with Crippen LogP contribution < -0.4 is 0 Å². The second-order valence-corrected chi connectivity index (χ2v) is 3.86. The van der Waals surface area contributed by atoms with Crippen molar-refractivity contribution in [2.24, 2.45) is 0 Å². The van der Waals surface area contributed by atoms with E-state index in [1.54, 1.807) is 7.11 Å². The van der Waals surface area contributed by atoms with Crippen molar-refractivity contribution in [2.45, 2.75) is 24.3 Å². The number of ether oxygens (including phenoxy) is 1. The molecule has 2 nitrogen and oxygen atoms in total. The molecule has 2 aliphatic heterocycles. The minimum Gasteiger partial charge on any atom is -0.383 e. The summed E-state index contributed by atoms with van der Waals surface area (Å²) in [5.74, 6) is -2.49. The van der Waals surface area contributed by atoms with Gasteiger partial charge in [-0.15, -0.1) is 0 Å². The summed E-state index contributed by atoms with van der Waals surface area (Å²) in [5.41, 5.74) is -0.321. The Hall–Kier alpha value is -0.220. The van der Waals surface area contributed by atoms with E-state index in [-0.39, 0.29) is 18.5 Å². The van der Waals surface area contributed by atoms with E-state index < -0.39 is 5.92 Å². The fourth-order valence-corrected chi connectivity index (χ4v) is 2.33. The molecule has 70 valence electrons. The van der Waals surface area contributed by atoms with Gasteiger partial charge in [-0.25, -0.2) is 8.78 Å². The first-order chi connectivity index (χ1) is 5.58. The van der Waals surface area contributed by atoms with Crippen LogP contribution in [0.15, 0.2) is 0 Å². The number of methoxy groups -OCH3 is 1. The Labute approximate surface area is 70.5 Å². The summed E-state index contributed by atoms with van der Waals surface area (Å²) in [6.45, 7) is 1.18. The summed E-state index contributed by atoms with van der Waals surface area (Å²) in [4.78, 5) is 1.84. The average Bonchev–Trinajstić information content (AvgIpc) is 2.12. The molecule has 4 heteroatoms. The van der Waals surface area contributed by atoms with Crippen molar-refractivity contribution in [1.82, 2.24) is 4.90 Å². The summed E-state index contributed by atoms with van der Waals surface area (Å²) in [5, 5.41) is 0. The zero-order valence-corrected chi connectivity index (χ0v) is 7.15. The molecule has 1 atom stereocenters. The maximum Gasteiger partial charge on any atom is 0.262 e. The molecule has 0 aromatic heterocycles. The number of halogens is 2. The van der Waals surface area contributed by atoms with Gasteiger partial charge in [-0.1, -0.05) is 0 Å². The fraction of sp³-hybridized carbons (Fsp3) is 1.00. The van der Waals surface area contributed by atoms with Gasteiger partial charge in [-0.05, 0) is 6.42 Å². The van der Waals surface area contributed by atoms with E-state index in [0.717, 1.165) is 13.0 Å². The van der Waals surface area contributed by atoms with Crippen molar-refractivity contribution < 1.29 is 13.5 Å². The molecule has 0 unspecified atom stereocenters. The molecule has 12 heavy (non-hydrogen) atoms. The van der Waals surface area contributed by atoms with E-state index in [1.165, 1.54) is 0 Å². The molecule has 0 saturated carbocycles. The average molecular weight is 177 g/mol. The summed E-state index contributed by atoms with van der Waals surface area (Å²) in [6, 6.07) is 0. The van der Waals surface area contributed by atoms with Crippen molar-refractivity contribution in [3.05, 3.63) is 0 Å². The molecule has 2 saturated heterocycles. The molecule has 0 bridgehead atoms. The van der Waals surface area contributed by atoms with Crippen LogP contribution in [0.5, 0.6) is 0 Å². The van der Waals surface area contributed by atoms with Gasteiger partial charge in [0, 0.05) is 20.1 Å². The first-order valence-electron chi connectivity index (χ1n) is 4.20. The number of hydrogen-bond acceptors (Lipinski definition) is 2. The quantitative estimate of drug-likeness (QED) is 0.626. The van der Waals surface area contributed by atoms with E-state index in [9.17, 15) is 8.78 Å². The minimum atomic E-state index is -2.49. The van der Waals surface area contributed by atoms with Crippen molar-refractivity contribution in [3.8, 4) is 0 Å². The Morgan fingerprint density at radius 3 is 2.67 bits per heavy atom. The smallest absolute Gasteiger partial charge is 0.262 e. The number of fused-ring (bicyclic) bond motifs is 1.